The van der Waals surface area contributed by atoms with E-state index in [2.05, 4.69) is 16.7 Å². The van der Waals surface area contributed by atoms with Crippen molar-refractivity contribution in [2.24, 2.45) is 5.92 Å². The van der Waals surface area contributed by atoms with Gasteiger partial charge in [-0.15, -0.1) is 11.8 Å². The summed E-state index contributed by atoms with van der Waals surface area (Å²) in [7, 11) is 0. The van der Waals surface area contributed by atoms with Gasteiger partial charge in [-0.2, -0.15) is 10.5 Å². The number of nitriles is 2. The number of carbonyl (C=O) groups excluding carboxylic acids is 4. The van der Waals surface area contributed by atoms with E-state index in [1.165, 1.54) is 16.7 Å². The van der Waals surface area contributed by atoms with Gasteiger partial charge < -0.3 is 10.6 Å². The third-order valence-electron chi connectivity index (χ3n) is 8.96. The van der Waals surface area contributed by atoms with Crippen molar-refractivity contribution in [2.75, 3.05) is 22.9 Å². The zero-order valence-electron chi connectivity index (χ0n) is 29.2. The maximum atomic E-state index is 13.7. The van der Waals surface area contributed by atoms with Crippen LogP contribution in [0, 0.1) is 28.6 Å². The van der Waals surface area contributed by atoms with Gasteiger partial charge in [-0.1, -0.05) is 95.6 Å². The van der Waals surface area contributed by atoms with Gasteiger partial charge in [-0.25, -0.2) is 0 Å². The standard InChI is InChI=1S/C41H34Cl2N6O4S2/c42-29-15-11-26(12-16-29)21-34-39(52)48(31-7-3-1-4-8-31)36(54-34)23-28(24-44)37(50)46-19-20-47-38(51)33(25-45)41-49(32-9-5-2-6-10-32)40(53)35(55-41)22-27-13-17-30(43)18-14-27/h1-18,28,34-36H,19-23H2,(H,46,50)(H,47,51)/b41-33-/t28-,34+,35-,36+/m0/s1. The normalized spacial score (nSPS) is 19.4. The van der Waals surface area contributed by atoms with Crippen molar-refractivity contribution in [3.05, 3.63) is 141 Å². The second-order valence-electron chi connectivity index (χ2n) is 12.7. The van der Waals surface area contributed by atoms with Crippen LogP contribution >= 0.6 is 46.7 Å². The first kappa shape index (κ1) is 39.5. The highest BCUT2D eigenvalue weighted by Gasteiger charge is 2.43. The Balaban J connectivity index is 1.09. The van der Waals surface area contributed by atoms with Crippen LogP contribution in [-0.4, -0.2) is 52.6 Å². The van der Waals surface area contributed by atoms with Crippen LogP contribution in [0.4, 0.5) is 11.4 Å². The van der Waals surface area contributed by atoms with E-state index in [1.807, 2.05) is 60.7 Å². The second kappa shape index (κ2) is 18.4. The van der Waals surface area contributed by atoms with E-state index in [-0.39, 0.29) is 41.9 Å². The molecule has 55 heavy (non-hydrogen) atoms. The van der Waals surface area contributed by atoms with Gasteiger partial charge in [0, 0.05) is 40.9 Å². The van der Waals surface area contributed by atoms with Gasteiger partial charge in [0.25, 0.3) is 5.91 Å². The predicted molar refractivity (Wildman–Crippen MR) is 217 cm³/mol. The minimum absolute atomic E-state index is 0.0250. The molecule has 4 amide bonds. The van der Waals surface area contributed by atoms with Crippen LogP contribution in [0.2, 0.25) is 10.0 Å². The Hall–Kier alpha value is -5.24. The molecule has 2 fully saturated rings. The Morgan fingerprint density at radius 2 is 1.27 bits per heavy atom. The van der Waals surface area contributed by atoms with Gasteiger partial charge in [0.15, 0.2) is 0 Å². The molecule has 0 spiro atoms. The van der Waals surface area contributed by atoms with Gasteiger partial charge in [0.1, 0.15) is 22.6 Å². The van der Waals surface area contributed by atoms with Crippen LogP contribution in [0.25, 0.3) is 0 Å². The predicted octanol–water partition coefficient (Wildman–Crippen LogP) is 6.90. The van der Waals surface area contributed by atoms with E-state index in [0.29, 0.717) is 34.3 Å². The number of benzene rings is 4. The average Bonchev–Trinajstić information content (AvgIpc) is 3.68. The van der Waals surface area contributed by atoms with Crippen molar-refractivity contribution in [1.82, 2.24) is 10.6 Å². The van der Waals surface area contributed by atoms with Crippen molar-refractivity contribution < 1.29 is 19.2 Å². The number of para-hydroxylation sites is 2. The van der Waals surface area contributed by atoms with Gasteiger partial charge in [0.05, 0.1) is 21.9 Å². The molecule has 4 aromatic rings. The fraction of sp³-hybridized carbons (Fsp3) is 0.220. The lowest BCUT2D eigenvalue weighted by molar-refractivity contribution is -0.124. The number of nitrogens with one attached hydrogen (secondary N) is 2. The summed E-state index contributed by atoms with van der Waals surface area (Å²) >= 11 is 14.7. The third kappa shape index (κ3) is 9.53. The number of carbonyl (C=O) groups is 4. The molecule has 0 bridgehead atoms. The maximum absolute atomic E-state index is 13.7. The first-order chi connectivity index (χ1) is 26.7. The highest BCUT2D eigenvalue weighted by atomic mass is 35.5. The highest BCUT2D eigenvalue weighted by molar-refractivity contribution is 8.05. The minimum atomic E-state index is -1.09. The van der Waals surface area contributed by atoms with Crippen molar-refractivity contribution in [3.63, 3.8) is 0 Å². The summed E-state index contributed by atoms with van der Waals surface area (Å²) < 4.78 is 0. The molecular formula is C41H34Cl2N6O4S2. The summed E-state index contributed by atoms with van der Waals surface area (Å²) in [6.45, 7) is -0.0713. The number of halogens is 2. The SMILES string of the molecule is N#C/C(C(=O)NCCNC(=O)[C@H](C#N)C[C@H]1S[C@H](Cc2ccc(Cl)cc2)C(=O)N1c1ccccc1)=C1/S[C@@H](Cc2ccc(Cl)cc2)C(=O)N1c1ccccc1. The quantitative estimate of drug-likeness (QED) is 0.0843. The number of thioether (sulfide) groups is 2. The van der Waals surface area contributed by atoms with Crippen molar-refractivity contribution in [1.29, 1.82) is 10.5 Å². The summed E-state index contributed by atoms with van der Waals surface area (Å²) in [4.78, 5) is 57.2. The lowest BCUT2D eigenvalue weighted by Crippen LogP contribution is -2.40. The van der Waals surface area contributed by atoms with E-state index >= 15 is 0 Å². The molecule has 2 heterocycles. The van der Waals surface area contributed by atoms with Crippen molar-refractivity contribution in [3.8, 4) is 12.1 Å². The molecule has 10 nitrogen and oxygen atoms in total. The van der Waals surface area contributed by atoms with Crippen LogP contribution in [0.15, 0.2) is 120 Å². The molecule has 2 saturated heterocycles. The van der Waals surface area contributed by atoms with E-state index in [1.54, 1.807) is 59.5 Å². The number of hydrogen-bond acceptors (Lipinski definition) is 8. The van der Waals surface area contributed by atoms with Crippen LogP contribution < -0.4 is 20.4 Å². The summed E-state index contributed by atoms with van der Waals surface area (Å²) in [6, 6.07) is 36.5. The largest absolute Gasteiger partial charge is 0.353 e. The summed E-state index contributed by atoms with van der Waals surface area (Å²) in [5, 5.41) is 25.5. The number of anilines is 2. The molecule has 0 aliphatic carbocycles. The fourth-order valence-electron chi connectivity index (χ4n) is 6.25. The molecule has 2 aliphatic heterocycles. The summed E-state index contributed by atoms with van der Waals surface area (Å²) in [5.74, 6) is -2.71. The molecule has 0 saturated carbocycles. The Morgan fingerprint density at radius 1 is 0.727 bits per heavy atom. The van der Waals surface area contributed by atoms with Crippen molar-refractivity contribution >= 4 is 81.7 Å². The Morgan fingerprint density at radius 3 is 1.84 bits per heavy atom. The van der Waals surface area contributed by atoms with E-state index in [9.17, 15) is 29.7 Å². The lowest BCUT2D eigenvalue weighted by atomic mass is 10.0. The number of amides is 4. The molecule has 2 N–H and O–H groups in total. The zero-order chi connectivity index (χ0) is 38.9. The molecule has 14 heteroatoms. The zero-order valence-corrected chi connectivity index (χ0v) is 32.4. The molecule has 278 valence electrons. The van der Waals surface area contributed by atoms with Gasteiger partial charge in [0.2, 0.25) is 17.7 Å². The smallest absolute Gasteiger partial charge is 0.264 e. The average molecular weight is 810 g/mol. The summed E-state index contributed by atoms with van der Waals surface area (Å²) in [6.07, 6.45) is 0.905. The van der Waals surface area contributed by atoms with E-state index in [0.717, 1.165) is 22.9 Å². The van der Waals surface area contributed by atoms with Gasteiger partial charge >= 0.3 is 0 Å². The van der Waals surface area contributed by atoms with Crippen LogP contribution in [0.5, 0.6) is 0 Å². The van der Waals surface area contributed by atoms with Gasteiger partial charge in [-0.05, 0) is 72.5 Å². The number of nitrogens with zero attached hydrogens (tertiary/aromatic N) is 4. The highest BCUT2D eigenvalue weighted by Crippen LogP contribution is 2.42. The number of rotatable bonds is 13. The maximum Gasteiger partial charge on any atom is 0.264 e. The molecule has 2 aliphatic rings. The topological polar surface area (TPSA) is 146 Å². The molecule has 0 unspecified atom stereocenters. The fourth-order valence-corrected chi connectivity index (χ4v) is 9.35. The third-order valence-corrected chi connectivity index (χ3v) is 12.1. The molecule has 0 radical (unpaired) electrons. The molecule has 0 aromatic heterocycles. The molecule has 6 rings (SSSR count). The Kier molecular flexibility index (Phi) is 13.2. The Labute approximate surface area is 337 Å². The van der Waals surface area contributed by atoms with Crippen molar-refractivity contribution in [2.45, 2.75) is 35.1 Å². The van der Waals surface area contributed by atoms with E-state index in [4.69, 9.17) is 23.2 Å². The minimum Gasteiger partial charge on any atom is -0.353 e. The first-order valence-electron chi connectivity index (χ1n) is 17.3. The van der Waals surface area contributed by atoms with Crippen LogP contribution in [0.3, 0.4) is 0 Å². The van der Waals surface area contributed by atoms with Crippen LogP contribution in [-0.2, 0) is 32.0 Å². The van der Waals surface area contributed by atoms with Crippen LogP contribution in [0.1, 0.15) is 17.5 Å². The monoisotopic (exact) mass is 808 g/mol. The molecule has 4 aromatic carbocycles. The molecule has 4 atom stereocenters. The number of hydrogen-bond donors (Lipinski definition) is 2. The van der Waals surface area contributed by atoms with E-state index < -0.39 is 33.6 Å². The van der Waals surface area contributed by atoms with Gasteiger partial charge in [-0.3, -0.25) is 29.0 Å². The molecular weight excluding hydrogens is 776 g/mol. The summed E-state index contributed by atoms with van der Waals surface area (Å²) in [5.41, 5.74) is 2.78. The Bertz CT molecular complexity index is 2160. The first-order valence-corrected chi connectivity index (χ1v) is 19.9. The second-order valence-corrected chi connectivity index (χ2v) is 16.1. The lowest BCUT2D eigenvalue weighted by Gasteiger charge is -2.25.